The van der Waals surface area contributed by atoms with E-state index in [1.54, 1.807) is 12.1 Å². The van der Waals surface area contributed by atoms with E-state index >= 15 is 0 Å². The number of carboxylic acids is 1. The van der Waals surface area contributed by atoms with Crippen LogP contribution >= 0.6 is 11.8 Å². The third kappa shape index (κ3) is 10.6. The van der Waals surface area contributed by atoms with Gasteiger partial charge in [0.1, 0.15) is 6.61 Å². The summed E-state index contributed by atoms with van der Waals surface area (Å²) in [5.41, 5.74) is 3.68. The maximum absolute atomic E-state index is 13.5. The molecule has 4 aromatic rings. The first-order valence-corrected chi connectivity index (χ1v) is 17.0. The van der Waals surface area contributed by atoms with E-state index in [2.05, 4.69) is 10.6 Å². The number of thioether (sulfide) groups is 1. The molecule has 0 aliphatic rings. The van der Waals surface area contributed by atoms with Crippen LogP contribution in [0, 0.1) is 0 Å². The molecular formula is C39H40N2O7S. The minimum Gasteiger partial charge on any atom is -0.481 e. The van der Waals surface area contributed by atoms with Crippen molar-refractivity contribution >= 4 is 41.3 Å². The van der Waals surface area contributed by atoms with Crippen LogP contribution in [0.1, 0.15) is 54.9 Å². The van der Waals surface area contributed by atoms with Crippen molar-refractivity contribution in [1.29, 1.82) is 0 Å². The van der Waals surface area contributed by atoms with Crippen LogP contribution in [-0.4, -0.2) is 52.5 Å². The maximum Gasteiger partial charge on any atom is 0.408 e. The van der Waals surface area contributed by atoms with E-state index in [0.29, 0.717) is 0 Å². The fraction of sp³-hybridized carbons (Fsp3) is 0.256. The Balaban J connectivity index is 1.52. The Kier molecular flexibility index (Phi) is 13.7. The van der Waals surface area contributed by atoms with Crippen molar-refractivity contribution in [2.24, 2.45) is 0 Å². The molecule has 0 unspecified atom stereocenters. The number of ketones is 2. The van der Waals surface area contributed by atoms with Crippen LogP contribution in [0.25, 0.3) is 0 Å². The van der Waals surface area contributed by atoms with E-state index in [1.807, 2.05) is 109 Å². The second-order valence-electron chi connectivity index (χ2n) is 11.5. The normalized spacial score (nSPS) is 12.3. The van der Waals surface area contributed by atoms with Gasteiger partial charge >= 0.3 is 12.1 Å². The summed E-state index contributed by atoms with van der Waals surface area (Å²) in [5, 5.41) is 14.6. The molecule has 0 aliphatic heterocycles. The lowest BCUT2D eigenvalue weighted by atomic mass is 9.84. The van der Waals surface area contributed by atoms with Gasteiger partial charge in [0.15, 0.2) is 11.6 Å². The van der Waals surface area contributed by atoms with Gasteiger partial charge in [-0.3, -0.25) is 19.2 Å². The molecule has 49 heavy (non-hydrogen) atoms. The van der Waals surface area contributed by atoms with Gasteiger partial charge in [0, 0.05) is 18.6 Å². The van der Waals surface area contributed by atoms with Gasteiger partial charge in [-0.15, -0.1) is 11.8 Å². The van der Waals surface area contributed by atoms with Crippen LogP contribution in [0.4, 0.5) is 4.79 Å². The lowest BCUT2D eigenvalue weighted by molar-refractivity contribution is -0.138. The molecule has 0 bridgehead atoms. The van der Waals surface area contributed by atoms with Gasteiger partial charge < -0.3 is 20.5 Å². The van der Waals surface area contributed by atoms with Crippen molar-refractivity contribution < 1.29 is 33.8 Å². The molecule has 0 aromatic heterocycles. The Morgan fingerprint density at radius 1 is 0.673 bits per heavy atom. The molecule has 2 atom stereocenters. The molecule has 0 spiro atoms. The predicted octanol–water partition coefficient (Wildman–Crippen LogP) is 6.29. The highest BCUT2D eigenvalue weighted by atomic mass is 32.2. The molecule has 10 heteroatoms. The van der Waals surface area contributed by atoms with E-state index in [-0.39, 0.29) is 43.8 Å². The highest BCUT2D eigenvalue weighted by Gasteiger charge is 2.38. The van der Waals surface area contributed by atoms with Crippen LogP contribution in [0.3, 0.4) is 0 Å². The van der Waals surface area contributed by atoms with Gasteiger partial charge in [-0.1, -0.05) is 121 Å². The second kappa shape index (κ2) is 18.4. The Bertz CT molecular complexity index is 1590. The SMILES string of the molecule is CC(=O)[C@H](CCC(=O)N[C@@H](CSC(c1ccccc1)(c1ccccc1)c1ccccc1)C(=O)CCC(=O)O)NC(=O)OCc1ccccc1. The molecular weight excluding hydrogens is 641 g/mol. The van der Waals surface area contributed by atoms with E-state index < -0.39 is 40.6 Å². The standard InChI is InChI=1S/C39H40N2O7S/c1-28(42)33(41-38(47)48-26-29-14-6-2-7-15-29)22-24-36(44)40-34(35(43)23-25-37(45)46)27-49-39(30-16-8-3-9-17-30,31-18-10-4-11-19-31)32-20-12-5-13-21-32/h2-21,33-34H,22-27H2,1H3,(H,40,44)(H,41,47)(H,45,46)/t33-,34-/m0/s1. The smallest absolute Gasteiger partial charge is 0.408 e. The summed E-state index contributed by atoms with van der Waals surface area (Å²) in [4.78, 5) is 62.9. The highest BCUT2D eigenvalue weighted by molar-refractivity contribution is 8.00. The predicted molar refractivity (Wildman–Crippen MR) is 189 cm³/mol. The van der Waals surface area contributed by atoms with E-state index in [1.165, 1.54) is 18.7 Å². The van der Waals surface area contributed by atoms with Crippen molar-refractivity contribution in [1.82, 2.24) is 10.6 Å². The number of carbonyl (C=O) groups excluding carboxylic acids is 4. The summed E-state index contributed by atoms with van der Waals surface area (Å²) in [6.07, 6.45) is -1.62. The molecule has 254 valence electrons. The van der Waals surface area contributed by atoms with Crippen LogP contribution in [0.2, 0.25) is 0 Å². The third-order valence-electron chi connectivity index (χ3n) is 7.97. The second-order valence-corrected chi connectivity index (χ2v) is 12.7. The van der Waals surface area contributed by atoms with Crippen molar-refractivity contribution in [3.05, 3.63) is 144 Å². The summed E-state index contributed by atoms with van der Waals surface area (Å²) >= 11 is 1.47. The summed E-state index contributed by atoms with van der Waals surface area (Å²) in [5.74, 6) is -2.27. The molecule has 3 N–H and O–H groups in total. The number of alkyl carbamates (subject to hydrolysis) is 1. The molecule has 0 aliphatic carbocycles. The first-order valence-electron chi connectivity index (χ1n) is 16.0. The van der Waals surface area contributed by atoms with Gasteiger partial charge in [0.05, 0.1) is 23.3 Å². The number of benzene rings is 4. The Hall–Kier alpha value is -5.22. The Morgan fingerprint density at radius 2 is 1.16 bits per heavy atom. The zero-order valence-electron chi connectivity index (χ0n) is 27.2. The number of hydrogen-bond donors (Lipinski definition) is 3. The molecule has 4 aromatic carbocycles. The van der Waals surface area contributed by atoms with Gasteiger partial charge in [-0.2, -0.15) is 0 Å². The van der Waals surface area contributed by atoms with E-state index in [9.17, 15) is 29.1 Å². The van der Waals surface area contributed by atoms with Gasteiger partial charge in [0.2, 0.25) is 5.91 Å². The number of hydrogen-bond acceptors (Lipinski definition) is 7. The topological polar surface area (TPSA) is 139 Å². The number of amides is 2. The monoisotopic (exact) mass is 680 g/mol. The lowest BCUT2D eigenvalue weighted by Gasteiger charge is -2.36. The fourth-order valence-corrected chi connectivity index (χ4v) is 7.02. The first kappa shape index (κ1) is 36.6. The number of ether oxygens (including phenoxy) is 1. The van der Waals surface area contributed by atoms with Crippen LogP contribution in [-0.2, 0) is 35.3 Å². The highest BCUT2D eigenvalue weighted by Crippen LogP contribution is 2.48. The van der Waals surface area contributed by atoms with Crippen molar-refractivity contribution in [3.63, 3.8) is 0 Å². The van der Waals surface area contributed by atoms with Gasteiger partial charge in [-0.05, 0) is 35.6 Å². The number of aliphatic carboxylic acids is 1. The average molecular weight is 681 g/mol. The molecule has 0 saturated carbocycles. The molecule has 4 rings (SSSR count). The fourth-order valence-electron chi connectivity index (χ4n) is 5.42. The molecule has 0 heterocycles. The van der Waals surface area contributed by atoms with Crippen LogP contribution < -0.4 is 10.6 Å². The van der Waals surface area contributed by atoms with Gasteiger partial charge in [0.25, 0.3) is 0 Å². The minimum atomic E-state index is -1.12. The maximum atomic E-state index is 13.5. The van der Waals surface area contributed by atoms with E-state index in [0.717, 1.165) is 22.3 Å². The largest absolute Gasteiger partial charge is 0.481 e. The molecule has 0 radical (unpaired) electrons. The molecule has 0 saturated heterocycles. The van der Waals surface area contributed by atoms with Crippen molar-refractivity contribution in [3.8, 4) is 0 Å². The van der Waals surface area contributed by atoms with Crippen LogP contribution in [0.15, 0.2) is 121 Å². The first-order chi connectivity index (χ1) is 23.7. The lowest BCUT2D eigenvalue weighted by Crippen LogP contribution is -2.45. The zero-order valence-corrected chi connectivity index (χ0v) is 28.1. The molecule has 9 nitrogen and oxygen atoms in total. The number of carboxylic acid groups (broad SMARTS) is 1. The van der Waals surface area contributed by atoms with Crippen LogP contribution in [0.5, 0.6) is 0 Å². The van der Waals surface area contributed by atoms with E-state index in [4.69, 9.17) is 4.74 Å². The van der Waals surface area contributed by atoms with Crippen molar-refractivity contribution in [2.75, 3.05) is 5.75 Å². The number of rotatable bonds is 18. The summed E-state index contributed by atoms with van der Waals surface area (Å²) in [6, 6.07) is 36.7. The number of carbonyl (C=O) groups is 5. The minimum absolute atomic E-state index is 0.0199. The summed E-state index contributed by atoms with van der Waals surface area (Å²) < 4.78 is 4.46. The molecule has 0 fully saturated rings. The zero-order chi connectivity index (χ0) is 35.1. The summed E-state index contributed by atoms with van der Waals surface area (Å²) in [7, 11) is 0. The number of nitrogens with one attached hydrogen (secondary N) is 2. The Morgan fingerprint density at radius 3 is 1.63 bits per heavy atom. The Labute approximate surface area is 290 Å². The number of Topliss-reactive ketones (excluding diaryl/α,β-unsaturated/α-hetero) is 2. The van der Waals surface area contributed by atoms with Gasteiger partial charge in [-0.25, -0.2) is 4.79 Å². The molecule has 2 amide bonds. The quantitative estimate of drug-likeness (QED) is 0.104. The average Bonchev–Trinajstić information content (AvgIpc) is 3.12. The third-order valence-corrected chi connectivity index (χ3v) is 9.61. The summed E-state index contributed by atoms with van der Waals surface area (Å²) in [6.45, 7) is 1.33. The van der Waals surface area contributed by atoms with Crippen molar-refractivity contribution in [2.45, 2.75) is 56.0 Å².